The van der Waals surface area contributed by atoms with E-state index in [9.17, 15) is 8.42 Å². The summed E-state index contributed by atoms with van der Waals surface area (Å²) in [6.07, 6.45) is 8.15. The number of hydrogen-bond acceptors (Lipinski definition) is 3. The molecule has 0 spiro atoms. The van der Waals surface area contributed by atoms with E-state index < -0.39 is 16.5 Å². The molecule has 110 valence electrons. The third kappa shape index (κ3) is 4.47. The Balaban J connectivity index is 2.32. The van der Waals surface area contributed by atoms with Crippen molar-refractivity contribution in [2.24, 2.45) is 0 Å². The van der Waals surface area contributed by atoms with Crippen molar-refractivity contribution >= 4 is 10.1 Å². The summed E-state index contributed by atoms with van der Waals surface area (Å²) in [5, 5.41) is 0. The largest absolute Gasteiger partial charge is 0.488 e. The van der Waals surface area contributed by atoms with E-state index in [4.69, 9.17) is 4.18 Å². The zero-order valence-electron chi connectivity index (χ0n) is 11.6. The van der Waals surface area contributed by atoms with Crippen molar-refractivity contribution in [3.63, 3.8) is 0 Å². The molecule has 0 atom stereocenters. The van der Waals surface area contributed by atoms with E-state index in [1.54, 1.807) is 40.0 Å². The molecule has 2 aromatic rings. The van der Waals surface area contributed by atoms with Crippen LogP contribution in [-0.4, -0.2) is 14.2 Å². The highest BCUT2D eigenvalue weighted by molar-refractivity contribution is 7.86. The van der Waals surface area contributed by atoms with Gasteiger partial charge in [-0.1, -0.05) is 18.2 Å². The SMILES string of the molecule is C=CCCS(=O)(=O)OC([n+]1ccccc1)[n+]1ccccc1. The molecule has 0 amide bonds. The van der Waals surface area contributed by atoms with Crippen LogP contribution in [0.25, 0.3) is 0 Å². The van der Waals surface area contributed by atoms with E-state index in [-0.39, 0.29) is 5.75 Å². The highest BCUT2D eigenvalue weighted by Crippen LogP contribution is 2.05. The smallest absolute Gasteiger partial charge is 0.199 e. The summed E-state index contributed by atoms with van der Waals surface area (Å²) in [5.74, 6) is -0.0895. The maximum Gasteiger partial charge on any atom is 0.488 e. The predicted octanol–water partition coefficient (Wildman–Crippen LogP) is 1.19. The normalized spacial score (nSPS) is 11.5. The van der Waals surface area contributed by atoms with Crippen LogP contribution in [0, 0.1) is 0 Å². The number of rotatable bonds is 7. The van der Waals surface area contributed by atoms with Crippen molar-refractivity contribution in [3.8, 4) is 0 Å². The van der Waals surface area contributed by atoms with Gasteiger partial charge in [0, 0.05) is 24.3 Å². The van der Waals surface area contributed by atoms with Gasteiger partial charge in [0.1, 0.15) is 0 Å². The Kier molecular flexibility index (Phi) is 5.19. The van der Waals surface area contributed by atoms with Crippen LogP contribution in [0.5, 0.6) is 0 Å². The van der Waals surface area contributed by atoms with Gasteiger partial charge in [-0.05, 0) is 6.42 Å². The van der Waals surface area contributed by atoms with Gasteiger partial charge >= 0.3 is 6.35 Å². The lowest BCUT2D eigenvalue weighted by atomic mass is 10.4. The Hall–Kier alpha value is -2.05. The molecule has 0 aliphatic heterocycles. The van der Waals surface area contributed by atoms with Gasteiger partial charge in [0.25, 0.3) is 10.1 Å². The van der Waals surface area contributed by atoms with Gasteiger partial charge in [0.15, 0.2) is 24.8 Å². The van der Waals surface area contributed by atoms with Crippen molar-refractivity contribution in [1.82, 2.24) is 0 Å². The van der Waals surface area contributed by atoms with Crippen LogP contribution < -0.4 is 9.13 Å². The maximum atomic E-state index is 12.0. The molecule has 21 heavy (non-hydrogen) atoms. The van der Waals surface area contributed by atoms with Gasteiger partial charge in [-0.15, -0.1) is 19.9 Å². The molecule has 0 unspecified atom stereocenters. The number of aromatic nitrogens is 2. The first-order valence-electron chi connectivity index (χ1n) is 6.56. The van der Waals surface area contributed by atoms with Crippen LogP contribution in [0.4, 0.5) is 0 Å². The number of nitrogens with zero attached hydrogens (tertiary/aromatic N) is 2. The van der Waals surface area contributed by atoms with Gasteiger partial charge in [-0.3, -0.25) is 0 Å². The van der Waals surface area contributed by atoms with Crippen LogP contribution in [0.15, 0.2) is 73.8 Å². The summed E-state index contributed by atoms with van der Waals surface area (Å²) in [4.78, 5) is 0. The first kappa shape index (κ1) is 15.3. The molecule has 6 heteroatoms. The van der Waals surface area contributed by atoms with Crippen molar-refractivity contribution in [2.75, 3.05) is 5.75 Å². The summed E-state index contributed by atoms with van der Waals surface area (Å²) >= 11 is 0. The number of hydrogen-bond donors (Lipinski definition) is 0. The van der Waals surface area contributed by atoms with Gasteiger partial charge in [-0.25, -0.2) is 0 Å². The van der Waals surface area contributed by atoms with Crippen LogP contribution in [0.2, 0.25) is 0 Å². The first-order valence-corrected chi connectivity index (χ1v) is 8.13. The first-order chi connectivity index (χ1) is 10.1. The second-order valence-corrected chi connectivity index (χ2v) is 6.12. The van der Waals surface area contributed by atoms with Crippen molar-refractivity contribution in [2.45, 2.75) is 12.8 Å². The van der Waals surface area contributed by atoms with Crippen LogP contribution >= 0.6 is 0 Å². The van der Waals surface area contributed by atoms with E-state index >= 15 is 0 Å². The Labute approximate surface area is 124 Å². The van der Waals surface area contributed by atoms with Gasteiger partial charge in [-0.2, -0.15) is 8.42 Å². The van der Waals surface area contributed by atoms with E-state index in [1.165, 1.54) is 0 Å². The molecule has 0 aliphatic rings. The molecular weight excluding hydrogens is 288 g/mol. The lowest BCUT2D eigenvalue weighted by molar-refractivity contribution is -0.977. The van der Waals surface area contributed by atoms with Crippen molar-refractivity contribution in [1.29, 1.82) is 0 Å². The van der Waals surface area contributed by atoms with E-state index in [0.717, 1.165) is 0 Å². The maximum absolute atomic E-state index is 12.0. The average Bonchev–Trinajstić information content (AvgIpc) is 2.52. The molecule has 0 saturated carbocycles. The Morgan fingerprint density at radius 2 is 1.43 bits per heavy atom. The average molecular weight is 306 g/mol. The fourth-order valence-corrected chi connectivity index (χ4v) is 2.79. The molecule has 2 heterocycles. The summed E-state index contributed by atoms with van der Waals surface area (Å²) in [6, 6.07) is 11.0. The summed E-state index contributed by atoms with van der Waals surface area (Å²) in [5.41, 5.74) is 0. The fraction of sp³-hybridized carbons (Fsp3) is 0.200. The molecule has 0 radical (unpaired) electrons. The standard InChI is InChI=1S/C15H18N2O3S/c1-2-3-14-21(18,19)20-15(16-10-6-4-7-11-16)17-12-8-5-9-13-17/h2,4-13,15H,1,3,14H2/q+2. The highest BCUT2D eigenvalue weighted by atomic mass is 32.2. The monoisotopic (exact) mass is 306 g/mol. The summed E-state index contributed by atoms with van der Waals surface area (Å²) in [6.45, 7) is 3.53. The summed E-state index contributed by atoms with van der Waals surface area (Å²) in [7, 11) is -3.65. The Morgan fingerprint density at radius 3 is 1.86 bits per heavy atom. The van der Waals surface area contributed by atoms with Crippen LogP contribution in [0.3, 0.4) is 0 Å². The highest BCUT2D eigenvalue weighted by Gasteiger charge is 2.33. The minimum atomic E-state index is -3.65. The quantitative estimate of drug-likeness (QED) is 0.439. The molecule has 0 aliphatic carbocycles. The Morgan fingerprint density at radius 1 is 0.952 bits per heavy atom. The second-order valence-electron chi connectivity index (χ2n) is 4.41. The van der Waals surface area contributed by atoms with Crippen molar-refractivity contribution < 1.29 is 21.7 Å². The molecular formula is C15H18N2O3S+2. The van der Waals surface area contributed by atoms with E-state index in [0.29, 0.717) is 6.42 Å². The predicted molar refractivity (Wildman–Crippen MR) is 77.4 cm³/mol. The minimum absolute atomic E-state index is 0.0895. The molecule has 2 rings (SSSR count). The molecule has 0 bridgehead atoms. The van der Waals surface area contributed by atoms with Gasteiger partial charge in [0.2, 0.25) is 0 Å². The Bertz CT molecular complexity index is 633. The van der Waals surface area contributed by atoms with Gasteiger partial charge < -0.3 is 0 Å². The van der Waals surface area contributed by atoms with Crippen LogP contribution in [-0.2, 0) is 14.3 Å². The van der Waals surface area contributed by atoms with Gasteiger partial charge in [0.05, 0.1) is 5.75 Å². The summed E-state index contributed by atoms with van der Waals surface area (Å²) < 4.78 is 32.8. The minimum Gasteiger partial charge on any atom is -0.199 e. The topological polar surface area (TPSA) is 51.1 Å². The lowest BCUT2D eigenvalue weighted by Gasteiger charge is -2.08. The van der Waals surface area contributed by atoms with Crippen molar-refractivity contribution in [3.05, 3.63) is 73.8 Å². The van der Waals surface area contributed by atoms with E-state index in [1.807, 2.05) is 36.4 Å². The zero-order valence-corrected chi connectivity index (χ0v) is 12.4. The third-order valence-corrected chi connectivity index (χ3v) is 3.99. The molecule has 2 aromatic heterocycles. The molecule has 5 nitrogen and oxygen atoms in total. The zero-order chi connectivity index (χ0) is 15.1. The molecule has 0 saturated heterocycles. The van der Waals surface area contributed by atoms with Crippen LogP contribution in [0.1, 0.15) is 12.8 Å². The lowest BCUT2D eigenvalue weighted by Crippen LogP contribution is -2.58. The number of pyridine rings is 2. The fourth-order valence-electron chi connectivity index (χ4n) is 1.78. The third-order valence-electron chi connectivity index (χ3n) is 2.79. The van der Waals surface area contributed by atoms with E-state index in [2.05, 4.69) is 6.58 Å². The molecule has 0 aromatic carbocycles. The number of allylic oxidation sites excluding steroid dienone is 1. The second kappa shape index (κ2) is 7.10. The molecule has 0 fully saturated rings. The molecule has 0 N–H and O–H groups in total.